The molecule has 5 rings (SSSR count). The number of carbonyl (C=O) groups excluding carboxylic acids is 1. The number of nitrogens with one attached hydrogen (secondary N) is 2. The Balaban J connectivity index is 1.60. The third-order valence-corrected chi connectivity index (χ3v) is 5.55. The molecule has 6 nitrogen and oxygen atoms in total. The summed E-state index contributed by atoms with van der Waals surface area (Å²) in [4.78, 5) is 16.3. The molecule has 3 heterocycles. The van der Waals surface area contributed by atoms with Crippen molar-refractivity contribution in [3.63, 3.8) is 0 Å². The van der Waals surface area contributed by atoms with E-state index in [1.807, 2.05) is 6.20 Å². The van der Waals surface area contributed by atoms with Gasteiger partial charge >= 0.3 is 0 Å². The molecular weight excluding hydrogens is 357 g/mol. The minimum atomic E-state index is -0.687. The molecule has 7 heteroatoms. The fourth-order valence-electron chi connectivity index (χ4n) is 4.15. The maximum atomic E-state index is 13.9. The van der Waals surface area contributed by atoms with Gasteiger partial charge in [0.2, 0.25) is 0 Å². The molecule has 28 heavy (non-hydrogen) atoms. The van der Waals surface area contributed by atoms with E-state index in [-0.39, 0.29) is 5.56 Å². The van der Waals surface area contributed by atoms with E-state index in [1.54, 1.807) is 4.52 Å². The highest BCUT2D eigenvalue weighted by molar-refractivity contribution is 6.05. The smallest absolute Gasteiger partial charge is 0.251 e. The average Bonchev–Trinajstić information content (AvgIpc) is 3.27. The van der Waals surface area contributed by atoms with Crippen LogP contribution in [-0.4, -0.2) is 33.6 Å². The first-order valence-corrected chi connectivity index (χ1v) is 9.42. The summed E-state index contributed by atoms with van der Waals surface area (Å²) in [6.07, 6.45) is 4.24. The number of halogens is 1. The van der Waals surface area contributed by atoms with Gasteiger partial charge in [0.25, 0.3) is 5.91 Å². The van der Waals surface area contributed by atoms with Crippen molar-refractivity contribution < 1.29 is 9.18 Å². The molecule has 1 aliphatic rings. The second-order valence-electron chi connectivity index (χ2n) is 7.31. The van der Waals surface area contributed by atoms with Crippen LogP contribution in [0.1, 0.15) is 34.7 Å². The lowest BCUT2D eigenvalue weighted by Crippen LogP contribution is -2.28. The maximum absolute atomic E-state index is 13.9. The van der Waals surface area contributed by atoms with Gasteiger partial charge in [-0.05, 0) is 42.5 Å². The van der Waals surface area contributed by atoms with Crippen molar-refractivity contribution in [2.45, 2.75) is 18.8 Å². The van der Waals surface area contributed by atoms with E-state index in [2.05, 4.69) is 39.7 Å². The first-order chi connectivity index (χ1) is 13.6. The summed E-state index contributed by atoms with van der Waals surface area (Å²) in [5, 5.41) is 6.56. The number of carbonyl (C=O) groups is 1. The molecule has 142 valence electrons. The van der Waals surface area contributed by atoms with Crippen LogP contribution in [0.25, 0.3) is 27.8 Å². The quantitative estimate of drug-likeness (QED) is 0.512. The summed E-state index contributed by atoms with van der Waals surface area (Å²) in [7, 11) is 0. The Morgan fingerprint density at radius 1 is 1.25 bits per heavy atom. The Labute approximate surface area is 160 Å². The molecule has 1 amide bonds. The number of piperidine rings is 1. The number of hydrogen-bond acceptors (Lipinski definition) is 3. The van der Waals surface area contributed by atoms with Gasteiger partial charge in [0.15, 0.2) is 5.65 Å². The highest BCUT2D eigenvalue weighted by Crippen LogP contribution is 2.31. The van der Waals surface area contributed by atoms with Gasteiger partial charge in [-0.1, -0.05) is 24.3 Å². The molecule has 4 N–H and O–H groups in total. The lowest BCUT2D eigenvalue weighted by Gasteiger charge is -2.23. The predicted molar refractivity (Wildman–Crippen MR) is 106 cm³/mol. The van der Waals surface area contributed by atoms with E-state index in [1.165, 1.54) is 24.5 Å². The van der Waals surface area contributed by atoms with Crippen molar-refractivity contribution >= 4 is 22.6 Å². The summed E-state index contributed by atoms with van der Waals surface area (Å²) in [5.41, 5.74) is 10.3. The second-order valence-corrected chi connectivity index (χ2v) is 7.31. The van der Waals surface area contributed by atoms with E-state index in [0.717, 1.165) is 30.3 Å². The van der Waals surface area contributed by atoms with Crippen molar-refractivity contribution in [1.29, 1.82) is 0 Å². The molecule has 1 fully saturated rings. The number of nitrogens with zero attached hydrogens (tertiary/aromatic N) is 2. The zero-order valence-corrected chi connectivity index (χ0v) is 15.2. The number of H-pyrrole nitrogens is 1. The van der Waals surface area contributed by atoms with Gasteiger partial charge in [0, 0.05) is 24.4 Å². The Hall–Kier alpha value is -3.19. The molecule has 0 bridgehead atoms. The van der Waals surface area contributed by atoms with Gasteiger partial charge in [-0.25, -0.2) is 13.9 Å². The molecule has 0 saturated carbocycles. The molecule has 0 spiro atoms. The Bertz CT molecular complexity index is 1190. The van der Waals surface area contributed by atoms with Crippen LogP contribution in [0.15, 0.2) is 42.6 Å². The first-order valence-electron chi connectivity index (χ1n) is 9.42. The molecule has 1 saturated heterocycles. The second kappa shape index (κ2) is 6.45. The minimum absolute atomic E-state index is 0.107. The highest BCUT2D eigenvalue weighted by Gasteiger charge is 2.19. The highest BCUT2D eigenvalue weighted by atomic mass is 19.1. The molecule has 0 aliphatic carbocycles. The first kappa shape index (κ1) is 16.9. The lowest BCUT2D eigenvalue weighted by atomic mass is 9.91. The summed E-state index contributed by atoms with van der Waals surface area (Å²) in [6, 6.07) is 10.9. The number of hydrogen-bond donors (Lipinski definition) is 3. The Kier molecular flexibility index (Phi) is 3.91. The number of fused-ring (bicyclic) bond motifs is 3. The zero-order chi connectivity index (χ0) is 19.3. The van der Waals surface area contributed by atoms with Crippen LogP contribution in [-0.2, 0) is 0 Å². The molecule has 4 aromatic rings. The van der Waals surface area contributed by atoms with Gasteiger partial charge in [0.1, 0.15) is 11.3 Å². The van der Waals surface area contributed by atoms with E-state index >= 15 is 0 Å². The Morgan fingerprint density at radius 3 is 2.79 bits per heavy atom. The topological polar surface area (TPSA) is 88.2 Å². The number of aromatic amines is 1. The van der Waals surface area contributed by atoms with Crippen molar-refractivity contribution in [2.24, 2.45) is 5.73 Å². The normalized spacial score (nSPS) is 17.4. The van der Waals surface area contributed by atoms with Crippen molar-refractivity contribution in [2.75, 3.05) is 13.1 Å². The van der Waals surface area contributed by atoms with Crippen molar-refractivity contribution in [3.05, 3.63) is 59.5 Å². The van der Waals surface area contributed by atoms with Crippen LogP contribution in [0.2, 0.25) is 0 Å². The SMILES string of the molecule is NC(=O)c1cc(F)cc2nc3c(-c4ccc(C5CCCNC5)cc4)c[nH]n3c12. The number of primary amides is 1. The third-order valence-electron chi connectivity index (χ3n) is 5.55. The lowest BCUT2D eigenvalue weighted by molar-refractivity contribution is 0.100. The molecule has 1 unspecified atom stereocenters. The molecule has 2 aromatic carbocycles. The number of aromatic nitrogens is 3. The summed E-state index contributed by atoms with van der Waals surface area (Å²) >= 11 is 0. The van der Waals surface area contributed by atoms with Crippen molar-refractivity contribution in [3.8, 4) is 11.1 Å². The van der Waals surface area contributed by atoms with Crippen LogP contribution < -0.4 is 11.1 Å². The number of imidazole rings is 1. The van der Waals surface area contributed by atoms with E-state index in [4.69, 9.17) is 5.73 Å². The van der Waals surface area contributed by atoms with Crippen LogP contribution in [0, 0.1) is 5.82 Å². The molecule has 1 aliphatic heterocycles. The summed E-state index contributed by atoms with van der Waals surface area (Å²) in [5.74, 6) is -0.675. The monoisotopic (exact) mass is 377 g/mol. The fourth-order valence-corrected chi connectivity index (χ4v) is 4.15. The number of amides is 1. The van der Waals surface area contributed by atoms with E-state index in [9.17, 15) is 9.18 Å². The molecule has 2 aromatic heterocycles. The summed E-state index contributed by atoms with van der Waals surface area (Å²) in [6.45, 7) is 2.11. The van der Waals surface area contributed by atoms with Gasteiger partial charge in [-0.15, -0.1) is 0 Å². The van der Waals surface area contributed by atoms with Crippen LogP contribution >= 0.6 is 0 Å². The average molecular weight is 377 g/mol. The van der Waals surface area contributed by atoms with Crippen LogP contribution in [0.4, 0.5) is 4.39 Å². The van der Waals surface area contributed by atoms with Gasteiger partial charge in [0.05, 0.1) is 11.1 Å². The molecule has 1 atom stereocenters. The molecular formula is C21H20FN5O. The van der Waals surface area contributed by atoms with Gasteiger partial charge in [-0.3, -0.25) is 9.89 Å². The number of nitrogens with two attached hydrogens (primary N) is 1. The molecule has 0 radical (unpaired) electrons. The zero-order valence-electron chi connectivity index (χ0n) is 15.2. The number of benzene rings is 2. The predicted octanol–water partition coefficient (Wildman–Crippen LogP) is 3.19. The van der Waals surface area contributed by atoms with Crippen LogP contribution in [0.3, 0.4) is 0 Å². The minimum Gasteiger partial charge on any atom is -0.366 e. The van der Waals surface area contributed by atoms with E-state index in [0.29, 0.717) is 22.6 Å². The largest absolute Gasteiger partial charge is 0.366 e. The van der Waals surface area contributed by atoms with Gasteiger partial charge in [-0.2, -0.15) is 0 Å². The third kappa shape index (κ3) is 2.66. The van der Waals surface area contributed by atoms with Crippen LogP contribution in [0.5, 0.6) is 0 Å². The standard InChI is InChI=1S/C21H20FN5O/c22-15-8-16(20(23)28)19-18(9-15)26-21-17(11-25-27(19)21)13-5-3-12(4-6-13)14-2-1-7-24-10-14/h3-6,8-9,11,14,24-25H,1-2,7,10H2,(H2,23,28). The summed E-state index contributed by atoms with van der Waals surface area (Å²) < 4.78 is 15.5. The fraction of sp³-hybridized carbons (Fsp3) is 0.238. The number of rotatable bonds is 3. The Morgan fingerprint density at radius 2 is 2.07 bits per heavy atom. The van der Waals surface area contributed by atoms with Gasteiger partial charge < -0.3 is 11.1 Å². The van der Waals surface area contributed by atoms with Crippen molar-refractivity contribution in [1.82, 2.24) is 19.9 Å². The maximum Gasteiger partial charge on any atom is 0.251 e. The van der Waals surface area contributed by atoms with E-state index < -0.39 is 11.7 Å².